The van der Waals surface area contributed by atoms with Gasteiger partial charge in [0.1, 0.15) is 5.25 Å². The van der Waals surface area contributed by atoms with E-state index < -0.39 is 26.7 Å². The van der Waals surface area contributed by atoms with Crippen LogP contribution in [-0.4, -0.2) is 25.2 Å². The Bertz CT molecular complexity index is 545. The van der Waals surface area contributed by atoms with Crippen LogP contribution >= 0.6 is 0 Å². The summed E-state index contributed by atoms with van der Waals surface area (Å²) in [5.74, 6) is -1.33. The molecule has 1 saturated carbocycles. The van der Waals surface area contributed by atoms with Crippen LogP contribution in [-0.2, 0) is 19.4 Å². The van der Waals surface area contributed by atoms with Crippen LogP contribution in [0.5, 0.6) is 0 Å². The topological polar surface area (TPSA) is 68.3 Å². The highest BCUT2D eigenvalue weighted by molar-refractivity contribution is 7.93. The normalized spacial score (nSPS) is 21.5. The second kappa shape index (κ2) is 4.41. The molecule has 0 aliphatic heterocycles. The van der Waals surface area contributed by atoms with E-state index in [2.05, 4.69) is 0 Å². The van der Waals surface area contributed by atoms with Crippen LogP contribution in [0, 0.1) is 0 Å². The fourth-order valence-electron chi connectivity index (χ4n) is 1.95. The van der Waals surface area contributed by atoms with Gasteiger partial charge in [0, 0.05) is 6.42 Å². The number of Topliss-reactive ketones (excluding diaryl/α,β-unsaturated/α-hetero) is 2. The lowest BCUT2D eigenvalue weighted by Gasteiger charge is -2.19. The summed E-state index contributed by atoms with van der Waals surface area (Å²) in [7, 11) is -3.71. The van der Waals surface area contributed by atoms with Gasteiger partial charge in [-0.15, -0.1) is 0 Å². The Morgan fingerprint density at radius 3 is 2.35 bits per heavy atom. The van der Waals surface area contributed by atoms with Gasteiger partial charge in [-0.2, -0.15) is 0 Å². The van der Waals surface area contributed by atoms with Gasteiger partial charge in [-0.05, 0) is 25.0 Å². The lowest BCUT2D eigenvalue weighted by atomic mass is 9.98. The summed E-state index contributed by atoms with van der Waals surface area (Å²) in [6, 6.07) is 7.79. The van der Waals surface area contributed by atoms with E-state index in [1.807, 2.05) is 0 Å². The number of carbonyl (C=O) groups excluding carboxylic acids is 2. The van der Waals surface area contributed by atoms with Gasteiger partial charge in [-0.3, -0.25) is 9.59 Å². The van der Waals surface area contributed by atoms with Crippen molar-refractivity contribution in [1.82, 2.24) is 0 Å². The van der Waals surface area contributed by atoms with Crippen LogP contribution < -0.4 is 0 Å². The number of rotatable bonds is 2. The molecule has 5 heteroatoms. The quantitative estimate of drug-likeness (QED) is 0.740. The molecule has 2 rings (SSSR count). The average Bonchev–Trinajstić information content (AvgIpc) is 2.33. The molecule has 0 amide bonds. The number of hydrogen-bond acceptors (Lipinski definition) is 4. The minimum absolute atomic E-state index is 0.105. The Morgan fingerprint density at radius 1 is 1.06 bits per heavy atom. The maximum Gasteiger partial charge on any atom is 0.216 e. The van der Waals surface area contributed by atoms with E-state index in [0.717, 1.165) is 0 Å². The smallest absolute Gasteiger partial charge is 0.216 e. The molecule has 0 saturated heterocycles. The van der Waals surface area contributed by atoms with Gasteiger partial charge in [0.25, 0.3) is 0 Å². The van der Waals surface area contributed by atoms with E-state index in [1.165, 1.54) is 12.1 Å². The van der Waals surface area contributed by atoms with E-state index in [9.17, 15) is 18.0 Å². The first-order chi connectivity index (χ1) is 8.03. The van der Waals surface area contributed by atoms with E-state index in [4.69, 9.17) is 0 Å². The maximum atomic E-state index is 12.2. The van der Waals surface area contributed by atoms with Crippen molar-refractivity contribution in [2.24, 2.45) is 0 Å². The summed E-state index contributed by atoms with van der Waals surface area (Å²) in [4.78, 5) is 23.0. The molecule has 0 heterocycles. The van der Waals surface area contributed by atoms with Crippen LogP contribution in [0.15, 0.2) is 35.2 Å². The summed E-state index contributed by atoms with van der Waals surface area (Å²) in [5.41, 5.74) is 0. The summed E-state index contributed by atoms with van der Waals surface area (Å²) in [6.07, 6.45) is 0.864. The fourth-order valence-corrected chi connectivity index (χ4v) is 3.71. The molecule has 17 heavy (non-hydrogen) atoms. The molecule has 1 aliphatic carbocycles. The molecule has 1 aromatic rings. The van der Waals surface area contributed by atoms with Crippen LogP contribution in [0.2, 0.25) is 0 Å². The molecule has 0 N–H and O–H groups in total. The molecule has 0 radical (unpaired) electrons. The Kier molecular flexibility index (Phi) is 3.11. The van der Waals surface area contributed by atoms with Crippen molar-refractivity contribution in [2.45, 2.75) is 29.4 Å². The predicted octanol–water partition coefficient (Wildman–Crippen LogP) is 1.15. The van der Waals surface area contributed by atoms with E-state index >= 15 is 0 Å². The second-order valence-electron chi connectivity index (χ2n) is 4.03. The molecular formula is C12H12O4S. The van der Waals surface area contributed by atoms with Crippen LogP contribution in [0.4, 0.5) is 0 Å². The Morgan fingerprint density at radius 2 is 1.71 bits per heavy atom. The number of ketones is 2. The first-order valence-electron chi connectivity index (χ1n) is 5.39. The summed E-state index contributed by atoms with van der Waals surface area (Å²) in [6.45, 7) is 0. The molecular weight excluding hydrogens is 240 g/mol. The largest absolute Gasteiger partial charge is 0.291 e. The number of benzene rings is 1. The van der Waals surface area contributed by atoms with Gasteiger partial charge in [0.2, 0.25) is 5.78 Å². The summed E-state index contributed by atoms with van der Waals surface area (Å²) < 4.78 is 24.3. The SMILES string of the molecule is O=C1CCCC(S(=O)(=O)c2ccccc2)C1=O. The minimum Gasteiger partial charge on any atom is -0.291 e. The molecule has 90 valence electrons. The van der Waals surface area contributed by atoms with Crippen LogP contribution in [0.1, 0.15) is 19.3 Å². The zero-order chi connectivity index (χ0) is 12.5. The minimum atomic E-state index is -3.71. The first kappa shape index (κ1) is 12.0. The third-order valence-electron chi connectivity index (χ3n) is 2.88. The molecule has 1 atom stereocenters. The lowest BCUT2D eigenvalue weighted by Crippen LogP contribution is -2.38. The van der Waals surface area contributed by atoms with E-state index in [1.54, 1.807) is 18.2 Å². The highest BCUT2D eigenvalue weighted by atomic mass is 32.2. The number of carbonyl (C=O) groups is 2. The standard InChI is InChI=1S/C12H12O4S/c13-10-7-4-8-11(12(10)14)17(15,16)9-5-2-1-3-6-9/h1-3,5-6,11H,4,7-8H2. The van der Waals surface area contributed by atoms with Crippen molar-refractivity contribution in [3.63, 3.8) is 0 Å². The molecule has 0 bridgehead atoms. The third-order valence-corrected chi connectivity index (χ3v) is 5.01. The number of sulfone groups is 1. The predicted molar refractivity (Wildman–Crippen MR) is 61.3 cm³/mol. The van der Waals surface area contributed by atoms with Crippen molar-refractivity contribution in [1.29, 1.82) is 0 Å². The lowest BCUT2D eigenvalue weighted by molar-refractivity contribution is -0.137. The zero-order valence-electron chi connectivity index (χ0n) is 9.13. The molecule has 1 aliphatic rings. The van der Waals surface area contributed by atoms with Gasteiger partial charge in [-0.25, -0.2) is 8.42 Å². The van der Waals surface area contributed by atoms with Crippen molar-refractivity contribution >= 4 is 21.4 Å². The Hall–Kier alpha value is -1.49. The van der Waals surface area contributed by atoms with Crippen LogP contribution in [0.3, 0.4) is 0 Å². The monoisotopic (exact) mass is 252 g/mol. The van der Waals surface area contributed by atoms with Gasteiger partial charge < -0.3 is 0 Å². The van der Waals surface area contributed by atoms with E-state index in [-0.39, 0.29) is 17.7 Å². The van der Waals surface area contributed by atoms with Gasteiger partial charge in [0.15, 0.2) is 15.6 Å². The summed E-state index contributed by atoms with van der Waals surface area (Å²) in [5, 5.41) is -1.19. The molecule has 0 aromatic heterocycles. The van der Waals surface area contributed by atoms with Crippen molar-refractivity contribution in [2.75, 3.05) is 0 Å². The number of hydrogen-bond donors (Lipinski definition) is 0. The molecule has 0 spiro atoms. The summed E-state index contributed by atoms with van der Waals surface area (Å²) >= 11 is 0. The fraction of sp³-hybridized carbons (Fsp3) is 0.333. The van der Waals surface area contributed by atoms with Gasteiger partial charge in [0.05, 0.1) is 4.90 Å². The van der Waals surface area contributed by atoms with Gasteiger partial charge in [-0.1, -0.05) is 18.2 Å². The Labute approximate surface area is 99.6 Å². The van der Waals surface area contributed by atoms with Gasteiger partial charge >= 0.3 is 0 Å². The molecule has 1 aromatic carbocycles. The van der Waals surface area contributed by atoms with E-state index in [0.29, 0.717) is 6.42 Å². The highest BCUT2D eigenvalue weighted by Crippen LogP contribution is 2.24. The highest BCUT2D eigenvalue weighted by Gasteiger charge is 2.39. The molecule has 1 fully saturated rings. The average molecular weight is 252 g/mol. The molecule has 1 unspecified atom stereocenters. The maximum absolute atomic E-state index is 12.2. The Balaban J connectivity index is 2.40. The molecule has 4 nitrogen and oxygen atoms in total. The van der Waals surface area contributed by atoms with Crippen LogP contribution in [0.25, 0.3) is 0 Å². The van der Waals surface area contributed by atoms with Crippen molar-refractivity contribution in [3.05, 3.63) is 30.3 Å². The first-order valence-corrected chi connectivity index (χ1v) is 6.94. The van der Waals surface area contributed by atoms with Crippen molar-refractivity contribution < 1.29 is 18.0 Å². The second-order valence-corrected chi connectivity index (χ2v) is 6.16. The third kappa shape index (κ3) is 2.15. The zero-order valence-corrected chi connectivity index (χ0v) is 9.94. The van der Waals surface area contributed by atoms with Crippen molar-refractivity contribution in [3.8, 4) is 0 Å².